The standard InChI is InChI=1S/C23H28N2O3S2/c26-21(27)13-7-5-3-1-2-4-6-10-14-25-22(28)20(30-23(25)29)15-17-16-24-19-12-9-8-11-18(17)19/h8-9,11-12,15-16,28H,1-7,10,13-14H2,(H,26,27)/b17-15+. The second-order valence-electron chi connectivity index (χ2n) is 7.55. The van der Waals surface area contributed by atoms with Crippen LogP contribution in [0.5, 0.6) is 5.88 Å². The van der Waals surface area contributed by atoms with Crippen molar-refractivity contribution < 1.29 is 15.0 Å². The van der Waals surface area contributed by atoms with Crippen molar-refractivity contribution in [2.45, 2.75) is 64.3 Å². The van der Waals surface area contributed by atoms with Crippen molar-refractivity contribution in [1.82, 2.24) is 4.57 Å². The summed E-state index contributed by atoms with van der Waals surface area (Å²) in [6.07, 6.45) is 12.5. The molecule has 0 atom stereocenters. The van der Waals surface area contributed by atoms with E-state index >= 15 is 0 Å². The predicted molar refractivity (Wildman–Crippen MR) is 126 cm³/mol. The van der Waals surface area contributed by atoms with Crippen LogP contribution in [0.15, 0.2) is 29.3 Å². The van der Waals surface area contributed by atoms with Gasteiger partial charge in [-0.2, -0.15) is 0 Å². The summed E-state index contributed by atoms with van der Waals surface area (Å²) in [5, 5.41) is 19.3. The summed E-state index contributed by atoms with van der Waals surface area (Å²) in [4.78, 5) is 15.7. The molecule has 1 aromatic carbocycles. The second-order valence-corrected chi connectivity index (χ2v) is 9.23. The van der Waals surface area contributed by atoms with Gasteiger partial charge in [-0.25, -0.2) is 0 Å². The zero-order valence-corrected chi connectivity index (χ0v) is 18.7. The largest absolute Gasteiger partial charge is 0.493 e. The van der Waals surface area contributed by atoms with Gasteiger partial charge in [0, 0.05) is 30.3 Å². The van der Waals surface area contributed by atoms with E-state index in [0.29, 0.717) is 3.95 Å². The van der Waals surface area contributed by atoms with Crippen LogP contribution in [-0.4, -0.2) is 27.0 Å². The number of carboxylic acid groups (broad SMARTS) is 1. The first-order valence-electron chi connectivity index (χ1n) is 10.6. The number of hydrogen-bond acceptors (Lipinski definition) is 5. The first-order valence-corrected chi connectivity index (χ1v) is 11.8. The molecular formula is C23H28N2O3S2. The number of aliphatic carboxylic acids is 1. The zero-order chi connectivity index (χ0) is 21.3. The molecule has 3 rings (SSSR count). The molecule has 1 aliphatic rings. The number of thiazole rings is 1. The van der Waals surface area contributed by atoms with Gasteiger partial charge in [0.2, 0.25) is 5.88 Å². The fourth-order valence-electron chi connectivity index (χ4n) is 3.61. The van der Waals surface area contributed by atoms with Crippen LogP contribution in [-0.2, 0) is 11.3 Å². The average Bonchev–Trinajstić information content (AvgIpc) is 3.25. The Bertz CT molecular complexity index is 989. The average molecular weight is 445 g/mol. The van der Waals surface area contributed by atoms with E-state index < -0.39 is 5.97 Å². The molecule has 0 fully saturated rings. The number of rotatable bonds is 12. The third-order valence-corrected chi connectivity index (χ3v) is 6.65. The Morgan fingerprint density at radius 2 is 1.73 bits per heavy atom. The number of unbranched alkanes of at least 4 members (excludes halogenated alkanes) is 7. The lowest BCUT2D eigenvalue weighted by Crippen LogP contribution is -1.97. The molecule has 0 spiro atoms. The third-order valence-electron chi connectivity index (χ3n) is 5.26. The van der Waals surface area contributed by atoms with E-state index in [1.807, 2.05) is 41.1 Å². The Morgan fingerprint density at radius 3 is 2.47 bits per heavy atom. The van der Waals surface area contributed by atoms with Crippen molar-refractivity contribution >= 4 is 53.1 Å². The Balaban J connectivity index is 1.43. The number of para-hydroxylation sites is 1. The van der Waals surface area contributed by atoms with Crippen LogP contribution in [0.3, 0.4) is 0 Å². The van der Waals surface area contributed by atoms with Crippen molar-refractivity contribution in [3.8, 4) is 5.88 Å². The summed E-state index contributed by atoms with van der Waals surface area (Å²) in [6, 6.07) is 7.98. The SMILES string of the molecule is O=C(O)CCCCCCCCCCn1c(O)c(/C=C2\C=Nc3ccccc32)sc1=S. The summed E-state index contributed by atoms with van der Waals surface area (Å²) in [5.74, 6) is -0.459. The number of aromatic hydroxyl groups is 1. The number of allylic oxidation sites excluding steroid dienone is 1. The lowest BCUT2D eigenvalue weighted by molar-refractivity contribution is -0.137. The zero-order valence-electron chi connectivity index (χ0n) is 17.0. The molecule has 2 heterocycles. The molecule has 0 saturated heterocycles. The van der Waals surface area contributed by atoms with Crippen molar-refractivity contribution in [2.24, 2.45) is 4.99 Å². The molecular weight excluding hydrogens is 416 g/mol. The fraction of sp³-hybridized carbons (Fsp3) is 0.435. The second kappa shape index (κ2) is 11.2. The van der Waals surface area contributed by atoms with Gasteiger partial charge in [-0.1, -0.05) is 56.7 Å². The number of carboxylic acids is 1. The van der Waals surface area contributed by atoms with Crippen LogP contribution in [0.4, 0.5) is 5.69 Å². The number of aromatic nitrogens is 1. The van der Waals surface area contributed by atoms with Gasteiger partial charge in [0.1, 0.15) is 0 Å². The molecule has 2 aromatic rings. The first kappa shape index (κ1) is 22.4. The van der Waals surface area contributed by atoms with Gasteiger partial charge in [-0.05, 0) is 37.2 Å². The Kier molecular flexibility index (Phi) is 8.39. The smallest absolute Gasteiger partial charge is 0.303 e. The van der Waals surface area contributed by atoms with Gasteiger partial charge in [-0.3, -0.25) is 14.4 Å². The van der Waals surface area contributed by atoms with Gasteiger partial charge >= 0.3 is 5.97 Å². The topological polar surface area (TPSA) is 74.8 Å². The minimum atomic E-state index is -0.703. The van der Waals surface area contributed by atoms with E-state index in [1.54, 1.807) is 0 Å². The molecule has 5 nitrogen and oxygen atoms in total. The number of nitrogens with zero attached hydrogens (tertiary/aromatic N) is 2. The molecule has 0 amide bonds. The predicted octanol–water partition coefficient (Wildman–Crippen LogP) is 6.84. The highest BCUT2D eigenvalue weighted by Gasteiger charge is 2.15. The van der Waals surface area contributed by atoms with Crippen LogP contribution in [0, 0.1) is 3.95 Å². The molecule has 1 aromatic heterocycles. The van der Waals surface area contributed by atoms with Crippen molar-refractivity contribution in [1.29, 1.82) is 0 Å². The summed E-state index contributed by atoms with van der Waals surface area (Å²) >= 11 is 6.91. The summed E-state index contributed by atoms with van der Waals surface area (Å²) in [7, 11) is 0. The van der Waals surface area contributed by atoms with E-state index in [1.165, 1.54) is 17.8 Å². The van der Waals surface area contributed by atoms with Crippen molar-refractivity contribution in [3.63, 3.8) is 0 Å². The molecule has 7 heteroatoms. The lowest BCUT2D eigenvalue weighted by Gasteiger charge is -2.05. The lowest BCUT2D eigenvalue weighted by atomic mass is 10.1. The van der Waals surface area contributed by atoms with Crippen LogP contribution in [0.1, 0.15) is 68.2 Å². The molecule has 2 N–H and O–H groups in total. The third kappa shape index (κ3) is 6.12. The van der Waals surface area contributed by atoms with Crippen molar-refractivity contribution in [3.05, 3.63) is 38.7 Å². The van der Waals surface area contributed by atoms with Crippen molar-refractivity contribution in [2.75, 3.05) is 0 Å². The number of aliphatic imine (C=N–C) groups is 1. The highest BCUT2D eigenvalue weighted by molar-refractivity contribution is 7.73. The number of carbonyl (C=O) groups is 1. The van der Waals surface area contributed by atoms with E-state index in [-0.39, 0.29) is 12.3 Å². The molecule has 1 aliphatic heterocycles. The quantitative estimate of drug-likeness (QED) is 0.278. The molecule has 0 bridgehead atoms. The minimum Gasteiger partial charge on any atom is -0.493 e. The summed E-state index contributed by atoms with van der Waals surface area (Å²) in [6.45, 7) is 0.730. The monoisotopic (exact) mass is 444 g/mol. The van der Waals surface area contributed by atoms with Gasteiger partial charge < -0.3 is 10.2 Å². The van der Waals surface area contributed by atoms with E-state index in [9.17, 15) is 9.90 Å². The van der Waals surface area contributed by atoms with Gasteiger partial charge in [0.15, 0.2) is 3.95 Å². The van der Waals surface area contributed by atoms with Crippen LogP contribution < -0.4 is 0 Å². The van der Waals surface area contributed by atoms with Crippen LogP contribution in [0.25, 0.3) is 11.6 Å². The van der Waals surface area contributed by atoms with E-state index in [2.05, 4.69) is 4.99 Å². The Morgan fingerprint density at radius 1 is 1.07 bits per heavy atom. The van der Waals surface area contributed by atoms with Gasteiger partial charge in [-0.15, -0.1) is 11.3 Å². The van der Waals surface area contributed by atoms with Crippen LogP contribution in [0.2, 0.25) is 0 Å². The highest BCUT2D eigenvalue weighted by Crippen LogP contribution is 2.35. The first-order chi connectivity index (χ1) is 14.6. The number of benzene rings is 1. The van der Waals surface area contributed by atoms with E-state index in [4.69, 9.17) is 17.3 Å². The maximum Gasteiger partial charge on any atom is 0.303 e. The van der Waals surface area contributed by atoms with Crippen LogP contribution >= 0.6 is 23.6 Å². The molecule has 30 heavy (non-hydrogen) atoms. The normalized spacial score (nSPS) is 13.8. The molecule has 0 radical (unpaired) electrons. The molecule has 160 valence electrons. The Hall–Kier alpha value is -2.25. The maximum absolute atomic E-state index is 10.7. The number of hydrogen-bond donors (Lipinski definition) is 2. The number of fused-ring (bicyclic) bond motifs is 1. The molecule has 0 aliphatic carbocycles. The summed E-state index contributed by atoms with van der Waals surface area (Å²) < 4.78 is 2.53. The maximum atomic E-state index is 10.7. The Labute approximate surface area is 186 Å². The molecule has 0 saturated carbocycles. The molecule has 0 unspecified atom stereocenters. The summed E-state index contributed by atoms with van der Waals surface area (Å²) in [5.41, 5.74) is 3.02. The fourth-order valence-corrected chi connectivity index (χ4v) is 4.92. The minimum absolute atomic E-state index is 0.244. The van der Waals surface area contributed by atoms with E-state index in [0.717, 1.165) is 73.2 Å². The van der Waals surface area contributed by atoms with Gasteiger partial charge in [0.05, 0.1) is 10.6 Å². The van der Waals surface area contributed by atoms with Gasteiger partial charge in [0.25, 0.3) is 0 Å². The highest BCUT2D eigenvalue weighted by atomic mass is 32.1.